The number of fused-ring (bicyclic) bond motifs is 2. The Morgan fingerprint density at radius 2 is 1.79 bits per heavy atom. The molecule has 0 bridgehead atoms. The topological polar surface area (TPSA) is 67.9 Å². The monoisotopic (exact) mass is 449 g/mol. The number of hydrogen-bond donors (Lipinski definition) is 2. The molecule has 7 nitrogen and oxygen atoms in total. The fourth-order valence-electron chi connectivity index (χ4n) is 4.90. The maximum absolute atomic E-state index is 13.4. The van der Waals surface area contributed by atoms with Crippen molar-refractivity contribution in [3.05, 3.63) is 54.1 Å². The molecule has 4 rings (SSSR count). The van der Waals surface area contributed by atoms with Crippen LogP contribution in [0.1, 0.15) is 43.5 Å². The number of benzene rings is 2. The van der Waals surface area contributed by atoms with Crippen molar-refractivity contribution >= 4 is 29.0 Å². The van der Waals surface area contributed by atoms with Gasteiger partial charge in [0.2, 0.25) is 0 Å². The van der Waals surface area contributed by atoms with Crippen LogP contribution >= 0.6 is 0 Å². The van der Waals surface area contributed by atoms with E-state index in [2.05, 4.69) is 34.3 Å². The van der Waals surface area contributed by atoms with Gasteiger partial charge in [-0.15, -0.1) is 0 Å². The zero-order chi connectivity index (χ0) is 23.2. The highest BCUT2D eigenvalue weighted by molar-refractivity contribution is 6.17. The van der Waals surface area contributed by atoms with Crippen LogP contribution in [-0.2, 0) is 0 Å². The first-order valence-electron chi connectivity index (χ1n) is 12.2. The van der Waals surface area contributed by atoms with E-state index in [0.717, 1.165) is 32.7 Å². The minimum atomic E-state index is -0.219. The first-order chi connectivity index (χ1) is 16.1. The van der Waals surface area contributed by atoms with Crippen molar-refractivity contribution in [3.63, 3.8) is 0 Å². The van der Waals surface area contributed by atoms with Gasteiger partial charge in [0, 0.05) is 25.7 Å². The van der Waals surface area contributed by atoms with Gasteiger partial charge in [-0.2, -0.15) is 0 Å². The van der Waals surface area contributed by atoms with E-state index >= 15 is 0 Å². The number of para-hydroxylation sites is 3. The van der Waals surface area contributed by atoms with Crippen molar-refractivity contribution < 1.29 is 9.59 Å². The van der Waals surface area contributed by atoms with Crippen LogP contribution < -0.4 is 15.5 Å². The lowest BCUT2D eigenvalue weighted by Crippen LogP contribution is -2.49. The molecule has 1 unspecified atom stereocenters. The summed E-state index contributed by atoms with van der Waals surface area (Å²) in [5, 5.41) is 6.05. The minimum Gasteiger partial charge on any atom is -0.336 e. The summed E-state index contributed by atoms with van der Waals surface area (Å²) in [7, 11) is 0. The molecule has 2 aromatic carbocycles. The van der Waals surface area contributed by atoms with Gasteiger partial charge in [-0.05, 0) is 56.7 Å². The number of rotatable bonds is 7. The second-order valence-electron chi connectivity index (χ2n) is 8.73. The zero-order valence-corrected chi connectivity index (χ0v) is 19.7. The second kappa shape index (κ2) is 10.8. The molecule has 33 heavy (non-hydrogen) atoms. The summed E-state index contributed by atoms with van der Waals surface area (Å²) in [4.78, 5) is 32.8. The van der Waals surface area contributed by atoms with E-state index in [1.807, 2.05) is 42.5 Å². The Kier molecular flexibility index (Phi) is 7.62. The molecule has 2 N–H and O–H groups in total. The predicted octanol–water partition coefficient (Wildman–Crippen LogP) is 4.30. The number of piperidine rings is 1. The van der Waals surface area contributed by atoms with Gasteiger partial charge in [0.05, 0.1) is 22.6 Å². The Labute approximate surface area is 196 Å². The number of likely N-dealkylation sites (tertiary alicyclic amines) is 1. The molecule has 3 amide bonds. The van der Waals surface area contributed by atoms with Crippen molar-refractivity contribution in [1.29, 1.82) is 0 Å². The maximum atomic E-state index is 13.4. The summed E-state index contributed by atoms with van der Waals surface area (Å²) in [6.45, 7) is 10.1. The third-order valence-corrected chi connectivity index (χ3v) is 6.77. The summed E-state index contributed by atoms with van der Waals surface area (Å²) >= 11 is 0. The summed E-state index contributed by atoms with van der Waals surface area (Å²) in [6.07, 6.45) is 3.70. The van der Waals surface area contributed by atoms with Crippen LogP contribution in [0.5, 0.6) is 0 Å². The van der Waals surface area contributed by atoms with Gasteiger partial charge in [0.1, 0.15) is 0 Å². The summed E-state index contributed by atoms with van der Waals surface area (Å²) in [5.74, 6) is -0.207. The summed E-state index contributed by atoms with van der Waals surface area (Å²) < 4.78 is 0. The predicted molar refractivity (Wildman–Crippen MR) is 133 cm³/mol. The number of carbonyl (C=O) groups excluding carboxylic acids is 2. The third kappa shape index (κ3) is 5.20. The Bertz CT molecular complexity index is 975. The van der Waals surface area contributed by atoms with Crippen LogP contribution in [0, 0.1) is 0 Å². The quantitative estimate of drug-likeness (QED) is 0.662. The highest BCUT2D eigenvalue weighted by Gasteiger charge is 2.29. The van der Waals surface area contributed by atoms with E-state index < -0.39 is 0 Å². The van der Waals surface area contributed by atoms with Gasteiger partial charge in [0.15, 0.2) is 0 Å². The number of anilines is 3. The molecule has 7 heteroatoms. The molecule has 0 saturated carbocycles. The smallest absolute Gasteiger partial charge is 0.326 e. The van der Waals surface area contributed by atoms with Crippen molar-refractivity contribution in [2.75, 3.05) is 49.5 Å². The van der Waals surface area contributed by atoms with E-state index in [0.29, 0.717) is 35.2 Å². The SMILES string of the molecule is CCN(CC)CC1CCCCN1CCNC(=O)N1c2ccccc2NC(=O)c2ccccc21. The van der Waals surface area contributed by atoms with Gasteiger partial charge in [-0.3, -0.25) is 14.6 Å². The molecule has 0 spiro atoms. The summed E-state index contributed by atoms with van der Waals surface area (Å²) in [5.41, 5.74) is 2.38. The number of amides is 3. The van der Waals surface area contributed by atoms with Crippen LogP contribution in [0.15, 0.2) is 48.5 Å². The number of carbonyl (C=O) groups is 2. The number of hydrogen-bond acceptors (Lipinski definition) is 4. The average molecular weight is 450 g/mol. The lowest BCUT2D eigenvalue weighted by molar-refractivity contribution is 0.102. The van der Waals surface area contributed by atoms with Gasteiger partial charge in [-0.25, -0.2) is 4.79 Å². The summed E-state index contributed by atoms with van der Waals surface area (Å²) in [6, 6.07) is 15.0. The Morgan fingerprint density at radius 1 is 1.06 bits per heavy atom. The second-order valence-corrected chi connectivity index (χ2v) is 8.73. The molecule has 1 atom stereocenters. The largest absolute Gasteiger partial charge is 0.336 e. The standard InChI is InChI=1S/C26H35N5O2/c1-3-29(4-2)19-20-11-9-10-17-30(20)18-16-27-26(33)31-23-14-7-5-12-21(23)25(32)28-22-13-6-8-15-24(22)31/h5-8,12-15,20H,3-4,9-11,16-19H2,1-2H3,(H,27,33)(H,28,32). The van der Waals surface area contributed by atoms with E-state index in [4.69, 9.17) is 0 Å². The molecule has 1 saturated heterocycles. The zero-order valence-electron chi connectivity index (χ0n) is 19.7. The molecule has 2 aliphatic heterocycles. The van der Waals surface area contributed by atoms with Crippen molar-refractivity contribution in [1.82, 2.24) is 15.1 Å². The van der Waals surface area contributed by atoms with Gasteiger partial charge >= 0.3 is 6.03 Å². The Balaban J connectivity index is 1.47. The highest BCUT2D eigenvalue weighted by Crippen LogP contribution is 2.37. The molecule has 0 aliphatic carbocycles. The lowest BCUT2D eigenvalue weighted by atomic mass is 10.0. The van der Waals surface area contributed by atoms with E-state index in [-0.39, 0.29) is 11.9 Å². The number of likely N-dealkylation sites (N-methyl/N-ethyl adjacent to an activating group) is 1. The maximum Gasteiger partial charge on any atom is 0.326 e. The van der Waals surface area contributed by atoms with Crippen molar-refractivity contribution in [2.24, 2.45) is 0 Å². The van der Waals surface area contributed by atoms with Crippen LogP contribution in [0.25, 0.3) is 0 Å². The normalized spacial score (nSPS) is 18.3. The van der Waals surface area contributed by atoms with E-state index in [9.17, 15) is 9.59 Å². The third-order valence-electron chi connectivity index (χ3n) is 6.77. The fraction of sp³-hybridized carbons (Fsp3) is 0.462. The number of urea groups is 1. The van der Waals surface area contributed by atoms with Crippen molar-refractivity contribution in [3.8, 4) is 0 Å². The van der Waals surface area contributed by atoms with Gasteiger partial charge in [0.25, 0.3) is 5.91 Å². The molecule has 2 aromatic rings. The first-order valence-corrected chi connectivity index (χ1v) is 12.2. The van der Waals surface area contributed by atoms with Crippen molar-refractivity contribution in [2.45, 2.75) is 39.2 Å². The molecule has 176 valence electrons. The average Bonchev–Trinajstić information content (AvgIpc) is 2.97. The fourth-order valence-corrected chi connectivity index (χ4v) is 4.90. The Hall–Kier alpha value is -2.90. The van der Waals surface area contributed by atoms with Crippen LogP contribution in [0.2, 0.25) is 0 Å². The number of nitrogens with one attached hydrogen (secondary N) is 2. The van der Waals surface area contributed by atoms with Crippen LogP contribution in [-0.4, -0.2) is 67.0 Å². The van der Waals surface area contributed by atoms with Gasteiger partial charge in [-0.1, -0.05) is 44.5 Å². The number of nitrogens with zero attached hydrogens (tertiary/aromatic N) is 3. The molecular weight excluding hydrogens is 414 g/mol. The molecular formula is C26H35N5O2. The highest BCUT2D eigenvalue weighted by atomic mass is 16.2. The van der Waals surface area contributed by atoms with Gasteiger partial charge < -0.3 is 15.5 Å². The molecule has 0 radical (unpaired) electrons. The molecule has 2 aliphatic rings. The molecule has 1 fully saturated rings. The first kappa shape index (κ1) is 23.3. The molecule has 2 heterocycles. The Morgan fingerprint density at radius 3 is 2.58 bits per heavy atom. The van der Waals surface area contributed by atoms with E-state index in [1.165, 1.54) is 19.3 Å². The molecule has 0 aromatic heterocycles. The van der Waals surface area contributed by atoms with Crippen LogP contribution in [0.3, 0.4) is 0 Å². The van der Waals surface area contributed by atoms with E-state index in [1.54, 1.807) is 11.0 Å². The minimum absolute atomic E-state index is 0.207. The lowest BCUT2D eigenvalue weighted by Gasteiger charge is -2.38. The van der Waals surface area contributed by atoms with Crippen LogP contribution in [0.4, 0.5) is 21.9 Å².